The summed E-state index contributed by atoms with van der Waals surface area (Å²) in [5.74, 6) is 2.37. The molecule has 220 valence electrons. The van der Waals surface area contributed by atoms with Crippen LogP contribution in [-0.2, 0) is 22.5 Å². The van der Waals surface area contributed by atoms with Crippen molar-refractivity contribution in [3.8, 4) is 17.1 Å². The minimum Gasteiger partial charge on any atom is -0.497 e. The summed E-state index contributed by atoms with van der Waals surface area (Å²) in [6.07, 6.45) is 5.46. The number of carbonyl (C=O) groups excluding carboxylic acids is 1. The lowest BCUT2D eigenvalue weighted by molar-refractivity contribution is -0.143. The van der Waals surface area contributed by atoms with E-state index in [1.54, 1.807) is 7.11 Å². The summed E-state index contributed by atoms with van der Waals surface area (Å²) < 4.78 is 12.6. The number of esters is 1. The van der Waals surface area contributed by atoms with Crippen molar-refractivity contribution >= 4 is 11.7 Å². The normalized spacial score (nSPS) is 19.4. The predicted octanol–water partition coefficient (Wildman–Crippen LogP) is 4.98. The molecule has 5 rings (SSSR count). The number of piperazine rings is 1. The topological polar surface area (TPSA) is 85.6 Å². The summed E-state index contributed by atoms with van der Waals surface area (Å²) >= 11 is 0. The van der Waals surface area contributed by atoms with E-state index in [4.69, 9.17) is 9.47 Å². The summed E-state index contributed by atoms with van der Waals surface area (Å²) in [4.78, 5) is 16.9. The molecule has 0 radical (unpaired) electrons. The average Bonchev–Trinajstić information content (AvgIpc) is 3.67. The van der Waals surface area contributed by atoms with Crippen molar-refractivity contribution in [2.24, 2.45) is 5.92 Å². The first kappa shape index (κ1) is 29.0. The van der Waals surface area contributed by atoms with E-state index in [0.717, 1.165) is 61.0 Å². The van der Waals surface area contributed by atoms with Crippen LogP contribution >= 0.6 is 0 Å². The van der Waals surface area contributed by atoms with E-state index in [2.05, 4.69) is 75.6 Å². The van der Waals surface area contributed by atoms with E-state index in [1.807, 2.05) is 17.7 Å². The van der Waals surface area contributed by atoms with Gasteiger partial charge in [0, 0.05) is 62.0 Å². The van der Waals surface area contributed by atoms with Gasteiger partial charge in [-0.15, -0.1) is 5.10 Å². The van der Waals surface area contributed by atoms with Crippen LogP contribution < -0.4 is 9.64 Å². The highest BCUT2D eigenvalue weighted by Gasteiger charge is 2.33. The fourth-order valence-electron chi connectivity index (χ4n) is 5.90. The van der Waals surface area contributed by atoms with Gasteiger partial charge >= 0.3 is 5.97 Å². The SMILES string of the molecule is CCOC(=O)CCCCn1nnnc1-c1ccccc1Cc1cc(OC)cc(N2C[C@@H](C)N(CC3CC3)C[C@@H]2C)c1. The van der Waals surface area contributed by atoms with Crippen molar-refractivity contribution in [1.29, 1.82) is 0 Å². The molecule has 2 atom stereocenters. The van der Waals surface area contributed by atoms with E-state index in [1.165, 1.54) is 30.6 Å². The number of aromatic nitrogens is 4. The highest BCUT2D eigenvalue weighted by molar-refractivity contribution is 5.69. The number of unbranched alkanes of at least 4 members (excludes halogenated alkanes) is 1. The summed E-state index contributed by atoms with van der Waals surface area (Å²) in [5.41, 5.74) is 4.59. The van der Waals surface area contributed by atoms with Crippen molar-refractivity contribution in [1.82, 2.24) is 25.1 Å². The summed E-state index contributed by atoms with van der Waals surface area (Å²) in [6, 6.07) is 15.9. The van der Waals surface area contributed by atoms with Crippen molar-refractivity contribution in [2.75, 3.05) is 38.3 Å². The summed E-state index contributed by atoms with van der Waals surface area (Å²) in [6.45, 7) is 10.9. The molecule has 9 heteroatoms. The minimum absolute atomic E-state index is 0.156. The Bertz CT molecular complexity index is 1310. The van der Waals surface area contributed by atoms with Crippen molar-refractivity contribution in [2.45, 2.75) is 77.9 Å². The van der Waals surface area contributed by atoms with E-state index in [9.17, 15) is 4.79 Å². The lowest BCUT2D eigenvalue weighted by Crippen LogP contribution is -2.57. The third kappa shape index (κ3) is 7.44. The molecule has 2 fully saturated rings. The van der Waals surface area contributed by atoms with Gasteiger partial charge in [-0.2, -0.15) is 0 Å². The third-order valence-electron chi connectivity index (χ3n) is 8.31. The summed E-state index contributed by atoms with van der Waals surface area (Å²) in [5, 5.41) is 12.6. The van der Waals surface area contributed by atoms with E-state index in [-0.39, 0.29) is 5.97 Å². The fourth-order valence-corrected chi connectivity index (χ4v) is 5.90. The zero-order valence-corrected chi connectivity index (χ0v) is 25.0. The second kappa shape index (κ2) is 13.5. The van der Waals surface area contributed by atoms with Gasteiger partial charge < -0.3 is 14.4 Å². The molecule has 0 bridgehead atoms. The molecule has 1 aliphatic carbocycles. The van der Waals surface area contributed by atoms with Gasteiger partial charge in [0.1, 0.15) is 5.75 Å². The molecule has 1 aromatic heterocycles. The van der Waals surface area contributed by atoms with Gasteiger partial charge in [0.25, 0.3) is 0 Å². The first-order valence-electron chi connectivity index (χ1n) is 15.1. The number of ether oxygens (including phenoxy) is 2. The second-order valence-corrected chi connectivity index (χ2v) is 11.6. The molecule has 0 N–H and O–H groups in total. The number of methoxy groups -OCH3 is 1. The van der Waals surface area contributed by atoms with Crippen molar-refractivity contribution < 1.29 is 14.3 Å². The minimum atomic E-state index is -0.156. The van der Waals surface area contributed by atoms with Crippen LogP contribution in [-0.4, -0.2) is 76.5 Å². The van der Waals surface area contributed by atoms with Crippen LogP contribution in [0.3, 0.4) is 0 Å². The Morgan fingerprint density at radius 3 is 2.66 bits per heavy atom. The second-order valence-electron chi connectivity index (χ2n) is 11.6. The molecule has 0 unspecified atom stereocenters. The van der Waals surface area contributed by atoms with Crippen LogP contribution in [0.4, 0.5) is 5.69 Å². The van der Waals surface area contributed by atoms with Gasteiger partial charge in [-0.05, 0) is 92.5 Å². The Balaban J connectivity index is 1.31. The molecule has 2 aromatic carbocycles. The molecular formula is C32H44N6O3. The van der Waals surface area contributed by atoms with Crippen molar-refractivity contribution in [3.05, 3.63) is 53.6 Å². The van der Waals surface area contributed by atoms with Gasteiger partial charge in [-0.25, -0.2) is 4.68 Å². The number of rotatable bonds is 13. The average molecular weight is 561 g/mol. The monoisotopic (exact) mass is 560 g/mol. The molecule has 2 aliphatic rings. The Morgan fingerprint density at radius 2 is 1.88 bits per heavy atom. The number of anilines is 1. The van der Waals surface area contributed by atoms with Crippen LogP contribution in [0, 0.1) is 5.92 Å². The third-order valence-corrected chi connectivity index (χ3v) is 8.31. The molecular weight excluding hydrogens is 516 g/mol. The number of tetrazole rings is 1. The van der Waals surface area contributed by atoms with E-state index in [0.29, 0.717) is 31.7 Å². The molecule has 1 saturated heterocycles. The number of benzene rings is 2. The highest BCUT2D eigenvalue weighted by atomic mass is 16.5. The molecule has 41 heavy (non-hydrogen) atoms. The van der Waals surface area contributed by atoms with Crippen LogP contribution in [0.25, 0.3) is 11.4 Å². The number of hydrogen-bond acceptors (Lipinski definition) is 8. The van der Waals surface area contributed by atoms with Crippen molar-refractivity contribution in [3.63, 3.8) is 0 Å². The zero-order chi connectivity index (χ0) is 28.8. The lowest BCUT2D eigenvalue weighted by Gasteiger charge is -2.45. The van der Waals surface area contributed by atoms with Gasteiger partial charge in [-0.1, -0.05) is 24.3 Å². The largest absolute Gasteiger partial charge is 0.497 e. The summed E-state index contributed by atoms with van der Waals surface area (Å²) in [7, 11) is 1.74. The first-order chi connectivity index (χ1) is 19.9. The maximum Gasteiger partial charge on any atom is 0.305 e. The number of hydrogen-bond donors (Lipinski definition) is 0. The zero-order valence-electron chi connectivity index (χ0n) is 25.0. The standard InChI is InChI=1S/C32H44N6O3/c1-5-41-31(39)12-8-9-15-38-32(33-34-35-38)30-11-7-6-10-27(30)16-26-17-28(19-29(18-26)40-4)37-21-23(2)36(20-24(37)3)22-25-13-14-25/h6-7,10-11,17-19,23-25H,5,8-9,12-16,20-22H2,1-4H3/t23-,24+/m1/s1. The maximum atomic E-state index is 11.7. The first-order valence-corrected chi connectivity index (χ1v) is 15.1. The van der Waals surface area contributed by atoms with Gasteiger partial charge in [-0.3, -0.25) is 9.69 Å². The number of aryl methyl sites for hydroxylation is 1. The Morgan fingerprint density at radius 1 is 1.05 bits per heavy atom. The number of carbonyl (C=O) groups is 1. The van der Waals surface area contributed by atoms with Crippen LogP contribution in [0.5, 0.6) is 5.75 Å². The quantitative estimate of drug-likeness (QED) is 0.214. The molecule has 0 spiro atoms. The predicted molar refractivity (Wildman–Crippen MR) is 160 cm³/mol. The Kier molecular flexibility index (Phi) is 9.54. The molecule has 1 aliphatic heterocycles. The fraction of sp³-hybridized carbons (Fsp3) is 0.562. The van der Waals surface area contributed by atoms with Crippen LogP contribution in [0.1, 0.15) is 64.0 Å². The Labute approximate surface area is 243 Å². The molecule has 9 nitrogen and oxygen atoms in total. The van der Waals surface area contributed by atoms with Crippen LogP contribution in [0.15, 0.2) is 42.5 Å². The van der Waals surface area contributed by atoms with E-state index >= 15 is 0 Å². The molecule has 2 heterocycles. The van der Waals surface area contributed by atoms with E-state index < -0.39 is 0 Å². The molecule has 1 saturated carbocycles. The van der Waals surface area contributed by atoms with Gasteiger partial charge in [0.05, 0.1) is 13.7 Å². The molecule has 3 aromatic rings. The Hall–Kier alpha value is -3.46. The van der Waals surface area contributed by atoms with Gasteiger partial charge in [0.2, 0.25) is 0 Å². The molecule has 0 amide bonds. The number of nitrogens with zero attached hydrogens (tertiary/aromatic N) is 6. The lowest BCUT2D eigenvalue weighted by atomic mass is 9.98. The van der Waals surface area contributed by atoms with Gasteiger partial charge in [0.15, 0.2) is 5.82 Å². The van der Waals surface area contributed by atoms with Crippen LogP contribution in [0.2, 0.25) is 0 Å². The highest BCUT2D eigenvalue weighted by Crippen LogP contribution is 2.34. The maximum absolute atomic E-state index is 11.7. The smallest absolute Gasteiger partial charge is 0.305 e.